The summed E-state index contributed by atoms with van der Waals surface area (Å²) >= 11 is 2.77. The fraction of sp³-hybridized carbons (Fsp3) is 0.174. The third-order valence-corrected chi connectivity index (χ3v) is 6.64. The molecular formula is C23H20N2O2S2. The fourth-order valence-electron chi connectivity index (χ4n) is 3.19. The molecule has 4 rings (SSSR count). The van der Waals surface area contributed by atoms with E-state index in [1.165, 1.54) is 23.1 Å². The Labute approximate surface area is 178 Å². The van der Waals surface area contributed by atoms with E-state index in [0.29, 0.717) is 10.0 Å². The number of amides is 1. The highest BCUT2D eigenvalue weighted by Crippen LogP contribution is 2.36. The summed E-state index contributed by atoms with van der Waals surface area (Å²) in [5.74, 6) is -0.108. The highest BCUT2D eigenvalue weighted by Gasteiger charge is 2.40. The van der Waals surface area contributed by atoms with Gasteiger partial charge in [-0.05, 0) is 60.7 Å². The third kappa shape index (κ3) is 4.33. The van der Waals surface area contributed by atoms with Gasteiger partial charge in [-0.15, -0.1) is 11.3 Å². The Kier molecular flexibility index (Phi) is 5.65. The van der Waals surface area contributed by atoms with Crippen molar-refractivity contribution in [1.29, 1.82) is 0 Å². The average molecular weight is 421 g/mol. The van der Waals surface area contributed by atoms with E-state index < -0.39 is 5.25 Å². The van der Waals surface area contributed by atoms with Crippen molar-refractivity contribution in [3.05, 3.63) is 82.0 Å². The van der Waals surface area contributed by atoms with Crippen molar-refractivity contribution < 1.29 is 9.59 Å². The molecule has 2 aromatic carbocycles. The van der Waals surface area contributed by atoms with Gasteiger partial charge in [-0.2, -0.15) is 0 Å². The molecule has 1 aliphatic heterocycles. The Bertz CT molecular complexity index is 1090. The predicted octanol–water partition coefficient (Wildman–Crippen LogP) is 5.77. The summed E-state index contributed by atoms with van der Waals surface area (Å²) < 4.78 is 0. The van der Waals surface area contributed by atoms with E-state index in [2.05, 4.69) is 0 Å². The smallest absolute Gasteiger partial charge is 0.247 e. The number of rotatable bonds is 5. The van der Waals surface area contributed by atoms with Crippen molar-refractivity contribution in [3.8, 4) is 0 Å². The maximum Gasteiger partial charge on any atom is 0.247 e. The lowest BCUT2D eigenvalue weighted by Gasteiger charge is -2.17. The average Bonchev–Trinajstić information content (AvgIpc) is 3.31. The van der Waals surface area contributed by atoms with Crippen molar-refractivity contribution in [1.82, 2.24) is 0 Å². The predicted molar refractivity (Wildman–Crippen MR) is 122 cm³/mol. The molecule has 1 amide bonds. The lowest BCUT2D eigenvalue weighted by Crippen LogP contribution is -2.32. The zero-order valence-corrected chi connectivity index (χ0v) is 17.8. The minimum absolute atomic E-state index is 0.00755. The minimum atomic E-state index is -0.478. The molecule has 1 fully saturated rings. The number of ketones is 1. The summed E-state index contributed by atoms with van der Waals surface area (Å²) in [5.41, 5.74) is 3.74. The van der Waals surface area contributed by atoms with Crippen LogP contribution in [-0.4, -0.2) is 22.1 Å². The zero-order valence-electron chi connectivity index (χ0n) is 16.2. The van der Waals surface area contributed by atoms with Crippen LogP contribution in [0.3, 0.4) is 0 Å². The summed E-state index contributed by atoms with van der Waals surface area (Å²) in [6, 6.07) is 19.3. The molecule has 0 aliphatic carbocycles. The molecular weight excluding hydrogens is 400 g/mol. The van der Waals surface area contributed by atoms with Gasteiger partial charge >= 0.3 is 0 Å². The highest BCUT2D eigenvalue weighted by atomic mass is 32.2. The Morgan fingerprint density at radius 1 is 1.03 bits per heavy atom. The second kappa shape index (κ2) is 8.35. The molecule has 0 bridgehead atoms. The molecule has 0 N–H and O–H groups in total. The third-order valence-electron chi connectivity index (χ3n) is 4.59. The molecule has 0 radical (unpaired) electrons. The van der Waals surface area contributed by atoms with Crippen molar-refractivity contribution in [2.24, 2.45) is 4.99 Å². The molecule has 1 atom stereocenters. The highest BCUT2D eigenvalue weighted by molar-refractivity contribution is 8.16. The van der Waals surface area contributed by atoms with E-state index in [0.717, 1.165) is 22.5 Å². The Hall–Kier alpha value is -2.70. The molecule has 146 valence electrons. The van der Waals surface area contributed by atoms with Crippen LogP contribution >= 0.6 is 23.1 Å². The lowest BCUT2D eigenvalue weighted by atomic mass is 10.1. The molecule has 0 spiro atoms. The number of thioether (sulfide) groups is 1. The van der Waals surface area contributed by atoms with Crippen molar-refractivity contribution >= 4 is 51.3 Å². The number of nitrogens with zero attached hydrogens (tertiary/aromatic N) is 2. The largest absolute Gasteiger partial charge is 0.293 e. The van der Waals surface area contributed by atoms with Crippen LogP contribution in [0.4, 0.5) is 11.4 Å². The summed E-state index contributed by atoms with van der Waals surface area (Å²) in [4.78, 5) is 32.9. The maximum atomic E-state index is 13.3. The minimum Gasteiger partial charge on any atom is -0.293 e. The van der Waals surface area contributed by atoms with Gasteiger partial charge in [0.1, 0.15) is 0 Å². The standard InChI is InChI=1S/C23H20N2O2S2/c1-15-6-3-8-17(12-15)24-23-25(18-9-4-7-16(2)13-18)22(27)21(29-23)14-19(26)20-10-5-11-28-20/h3-13,21H,14H2,1-2H3. The number of amidine groups is 1. The molecule has 4 nitrogen and oxygen atoms in total. The van der Waals surface area contributed by atoms with Crippen molar-refractivity contribution in [3.63, 3.8) is 0 Å². The van der Waals surface area contributed by atoms with Gasteiger partial charge < -0.3 is 0 Å². The van der Waals surface area contributed by atoms with E-state index in [4.69, 9.17) is 4.99 Å². The van der Waals surface area contributed by atoms with Crippen LogP contribution < -0.4 is 4.90 Å². The molecule has 2 heterocycles. The Balaban J connectivity index is 1.69. The van der Waals surface area contributed by atoms with Crippen LogP contribution in [0.15, 0.2) is 71.0 Å². The monoisotopic (exact) mass is 420 g/mol. The summed E-state index contributed by atoms with van der Waals surface area (Å²) in [6.07, 6.45) is 0.166. The van der Waals surface area contributed by atoms with Crippen LogP contribution in [0.25, 0.3) is 0 Å². The number of hydrogen-bond donors (Lipinski definition) is 0. The van der Waals surface area contributed by atoms with Gasteiger partial charge in [-0.1, -0.05) is 42.1 Å². The first-order valence-corrected chi connectivity index (χ1v) is 11.1. The summed E-state index contributed by atoms with van der Waals surface area (Å²) in [5, 5.41) is 2.00. The van der Waals surface area contributed by atoms with Gasteiger partial charge in [0.15, 0.2) is 11.0 Å². The Morgan fingerprint density at radius 2 is 1.79 bits per heavy atom. The van der Waals surface area contributed by atoms with Crippen molar-refractivity contribution in [2.45, 2.75) is 25.5 Å². The topological polar surface area (TPSA) is 49.7 Å². The molecule has 29 heavy (non-hydrogen) atoms. The van der Waals surface area contributed by atoms with Crippen LogP contribution in [-0.2, 0) is 4.79 Å². The Morgan fingerprint density at radius 3 is 2.48 bits per heavy atom. The number of aliphatic imine (C=N–C) groups is 1. The molecule has 3 aromatic rings. The van der Waals surface area contributed by atoms with Crippen molar-refractivity contribution in [2.75, 3.05) is 4.90 Å². The number of benzene rings is 2. The summed E-state index contributed by atoms with van der Waals surface area (Å²) in [7, 11) is 0. The van der Waals surface area contributed by atoms with Gasteiger partial charge in [0.2, 0.25) is 5.91 Å². The first-order valence-electron chi connectivity index (χ1n) is 9.30. The summed E-state index contributed by atoms with van der Waals surface area (Å²) in [6.45, 7) is 4.00. The first-order chi connectivity index (χ1) is 14.0. The molecule has 1 aromatic heterocycles. The molecule has 0 saturated carbocycles. The first kappa shape index (κ1) is 19.6. The van der Waals surface area contributed by atoms with Crippen LogP contribution in [0, 0.1) is 13.8 Å². The quantitative estimate of drug-likeness (QED) is 0.492. The van der Waals surface area contributed by atoms with Gasteiger partial charge in [0.05, 0.1) is 21.5 Å². The number of thiophene rings is 1. The van der Waals surface area contributed by atoms with Gasteiger partial charge in [-0.3, -0.25) is 14.5 Å². The van der Waals surface area contributed by atoms with E-state index in [-0.39, 0.29) is 18.1 Å². The molecule has 1 saturated heterocycles. The van der Waals surface area contributed by atoms with Gasteiger partial charge in [0.25, 0.3) is 0 Å². The van der Waals surface area contributed by atoms with Gasteiger partial charge in [-0.25, -0.2) is 4.99 Å². The fourth-order valence-corrected chi connectivity index (χ4v) is 5.02. The van der Waals surface area contributed by atoms with Crippen LogP contribution in [0.5, 0.6) is 0 Å². The van der Waals surface area contributed by atoms with E-state index in [9.17, 15) is 9.59 Å². The number of Topliss-reactive ketones (excluding diaryl/α,β-unsaturated/α-hetero) is 1. The second-order valence-corrected chi connectivity index (χ2v) is 9.07. The molecule has 1 unspecified atom stereocenters. The number of aryl methyl sites for hydroxylation is 2. The lowest BCUT2D eigenvalue weighted by molar-refractivity contribution is -0.116. The molecule has 1 aliphatic rings. The maximum absolute atomic E-state index is 13.3. The number of hydrogen-bond acceptors (Lipinski definition) is 5. The molecule has 6 heteroatoms. The van der Waals surface area contributed by atoms with Crippen LogP contribution in [0.1, 0.15) is 27.2 Å². The van der Waals surface area contributed by atoms with E-state index >= 15 is 0 Å². The second-order valence-electron chi connectivity index (χ2n) is 6.96. The normalized spacial score (nSPS) is 17.9. The van der Waals surface area contributed by atoms with E-state index in [1.54, 1.807) is 11.0 Å². The zero-order chi connectivity index (χ0) is 20.4. The van der Waals surface area contributed by atoms with Gasteiger partial charge in [0, 0.05) is 6.42 Å². The SMILES string of the molecule is Cc1cccc(N=C2SC(CC(=O)c3cccs3)C(=O)N2c2cccc(C)c2)c1. The number of carbonyl (C=O) groups excluding carboxylic acids is 2. The number of carbonyl (C=O) groups is 2. The van der Waals surface area contributed by atoms with E-state index in [1.807, 2.05) is 73.8 Å². The number of anilines is 1. The van der Waals surface area contributed by atoms with Crippen LogP contribution in [0.2, 0.25) is 0 Å².